The fourth-order valence-electron chi connectivity index (χ4n) is 4.13. The molecule has 128 valence electrons. The Kier molecular flexibility index (Phi) is 5.58. The van der Waals surface area contributed by atoms with E-state index in [1.54, 1.807) is 0 Å². The standard InChI is InChI=1S/C18H34O3Si/c1-7-17(6)15(5)13-18(19-11-12-20-18)14-16(17)21-22(8-2,9-3)10-4/h7,15-16H,1,8-14H2,2-6H3/t15-,16-,17+/m0/s1. The van der Waals surface area contributed by atoms with Crippen molar-refractivity contribution in [3.05, 3.63) is 12.7 Å². The highest BCUT2D eigenvalue weighted by Gasteiger charge is 2.54. The zero-order chi connectivity index (χ0) is 16.4. The van der Waals surface area contributed by atoms with Crippen LogP contribution in [-0.4, -0.2) is 33.4 Å². The molecular weight excluding hydrogens is 292 g/mol. The summed E-state index contributed by atoms with van der Waals surface area (Å²) in [5, 5.41) is 0. The average molecular weight is 327 g/mol. The van der Waals surface area contributed by atoms with Gasteiger partial charge in [0.2, 0.25) is 0 Å². The van der Waals surface area contributed by atoms with Crippen molar-refractivity contribution < 1.29 is 13.9 Å². The zero-order valence-electron chi connectivity index (χ0n) is 15.1. The van der Waals surface area contributed by atoms with Crippen LogP contribution in [0.5, 0.6) is 0 Å². The second-order valence-corrected chi connectivity index (χ2v) is 12.1. The lowest BCUT2D eigenvalue weighted by atomic mass is 9.64. The quantitative estimate of drug-likeness (QED) is 0.521. The first-order chi connectivity index (χ1) is 10.4. The molecule has 0 aromatic carbocycles. The molecule has 2 rings (SSSR count). The maximum atomic E-state index is 6.90. The molecule has 2 aliphatic rings. The minimum Gasteiger partial charge on any atom is -0.413 e. The second kappa shape index (κ2) is 6.76. The lowest BCUT2D eigenvalue weighted by Crippen LogP contribution is -2.56. The number of hydrogen-bond donors (Lipinski definition) is 0. The van der Waals surface area contributed by atoms with Crippen LogP contribution in [-0.2, 0) is 13.9 Å². The van der Waals surface area contributed by atoms with Crippen LogP contribution in [0.3, 0.4) is 0 Å². The predicted molar refractivity (Wildman–Crippen MR) is 93.4 cm³/mol. The molecule has 1 saturated carbocycles. The van der Waals surface area contributed by atoms with Crippen molar-refractivity contribution in [2.24, 2.45) is 11.3 Å². The van der Waals surface area contributed by atoms with Crippen molar-refractivity contribution in [3.63, 3.8) is 0 Å². The van der Waals surface area contributed by atoms with Gasteiger partial charge < -0.3 is 13.9 Å². The van der Waals surface area contributed by atoms with E-state index < -0.39 is 14.1 Å². The number of hydrogen-bond acceptors (Lipinski definition) is 3. The lowest BCUT2D eigenvalue weighted by molar-refractivity contribution is -0.224. The van der Waals surface area contributed by atoms with E-state index >= 15 is 0 Å². The molecule has 0 amide bonds. The highest BCUT2D eigenvalue weighted by molar-refractivity contribution is 6.73. The molecule has 1 aliphatic heterocycles. The van der Waals surface area contributed by atoms with E-state index in [0.717, 1.165) is 12.8 Å². The van der Waals surface area contributed by atoms with E-state index in [9.17, 15) is 0 Å². The summed E-state index contributed by atoms with van der Waals surface area (Å²) in [5.41, 5.74) is -0.00167. The van der Waals surface area contributed by atoms with Gasteiger partial charge in [0.15, 0.2) is 14.1 Å². The van der Waals surface area contributed by atoms with Gasteiger partial charge in [-0.3, -0.25) is 0 Å². The van der Waals surface area contributed by atoms with Gasteiger partial charge in [-0.15, -0.1) is 6.58 Å². The van der Waals surface area contributed by atoms with Crippen molar-refractivity contribution in [1.29, 1.82) is 0 Å². The lowest BCUT2D eigenvalue weighted by Gasteiger charge is -2.52. The third kappa shape index (κ3) is 3.08. The van der Waals surface area contributed by atoms with Crippen LogP contribution in [0.15, 0.2) is 12.7 Å². The predicted octanol–water partition coefficient (Wildman–Crippen LogP) is 4.74. The highest BCUT2D eigenvalue weighted by atomic mass is 28.4. The smallest absolute Gasteiger partial charge is 0.192 e. The van der Waals surface area contributed by atoms with E-state index in [0.29, 0.717) is 19.1 Å². The van der Waals surface area contributed by atoms with Crippen LogP contribution in [0, 0.1) is 11.3 Å². The third-order valence-electron chi connectivity index (χ3n) is 6.45. The van der Waals surface area contributed by atoms with E-state index in [2.05, 4.69) is 47.3 Å². The van der Waals surface area contributed by atoms with E-state index in [1.807, 2.05) is 0 Å². The topological polar surface area (TPSA) is 27.7 Å². The second-order valence-electron chi connectivity index (χ2n) is 7.34. The Morgan fingerprint density at radius 3 is 2.14 bits per heavy atom. The minimum atomic E-state index is -1.67. The molecule has 0 radical (unpaired) electrons. The highest BCUT2D eigenvalue weighted by Crippen LogP contribution is 2.51. The maximum absolute atomic E-state index is 6.90. The average Bonchev–Trinajstić information content (AvgIpc) is 2.97. The summed E-state index contributed by atoms with van der Waals surface area (Å²) in [6, 6.07) is 3.52. The molecule has 0 unspecified atom stereocenters. The molecule has 1 saturated heterocycles. The van der Waals surface area contributed by atoms with Crippen LogP contribution >= 0.6 is 0 Å². The van der Waals surface area contributed by atoms with Gasteiger partial charge in [0.25, 0.3) is 0 Å². The van der Waals surface area contributed by atoms with Gasteiger partial charge in [0.1, 0.15) is 0 Å². The van der Waals surface area contributed by atoms with Crippen LogP contribution in [0.2, 0.25) is 18.1 Å². The summed E-state index contributed by atoms with van der Waals surface area (Å²) in [6.45, 7) is 17.0. The summed E-state index contributed by atoms with van der Waals surface area (Å²) >= 11 is 0. The van der Waals surface area contributed by atoms with E-state index in [1.165, 1.54) is 18.1 Å². The fourth-order valence-corrected chi connectivity index (χ4v) is 7.07. The SMILES string of the molecule is C=C[C@@]1(C)[C@@H](O[Si](CC)(CC)CC)CC2(C[C@@H]1C)OCCO2. The first-order valence-corrected chi connectivity index (χ1v) is 11.5. The van der Waals surface area contributed by atoms with Crippen LogP contribution in [0.25, 0.3) is 0 Å². The summed E-state index contributed by atoms with van der Waals surface area (Å²) in [4.78, 5) is 0. The molecule has 22 heavy (non-hydrogen) atoms. The first kappa shape index (κ1) is 18.2. The molecule has 3 atom stereocenters. The van der Waals surface area contributed by atoms with Crippen molar-refractivity contribution in [2.75, 3.05) is 13.2 Å². The van der Waals surface area contributed by atoms with Gasteiger partial charge in [0, 0.05) is 18.3 Å². The molecular formula is C18H34O3Si. The third-order valence-corrected chi connectivity index (χ3v) is 11.1. The molecule has 0 bridgehead atoms. The molecule has 1 heterocycles. The summed E-state index contributed by atoms with van der Waals surface area (Å²) < 4.78 is 18.9. The molecule has 0 aromatic heterocycles. The normalized spacial score (nSPS) is 35.0. The zero-order valence-corrected chi connectivity index (χ0v) is 16.1. The largest absolute Gasteiger partial charge is 0.413 e. The van der Waals surface area contributed by atoms with Crippen LogP contribution < -0.4 is 0 Å². The van der Waals surface area contributed by atoms with Crippen LogP contribution in [0.4, 0.5) is 0 Å². The Bertz CT molecular complexity index is 380. The van der Waals surface area contributed by atoms with Gasteiger partial charge in [-0.25, -0.2) is 0 Å². The monoisotopic (exact) mass is 326 g/mol. The Morgan fingerprint density at radius 1 is 1.14 bits per heavy atom. The maximum Gasteiger partial charge on any atom is 0.192 e. The molecule has 4 heteroatoms. The fraction of sp³-hybridized carbons (Fsp3) is 0.889. The summed E-state index contributed by atoms with van der Waals surface area (Å²) in [6.07, 6.45) is 4.05. The van der Waals surface area contributed by atoms with Crippen molar-refractivity contribution in [3.8, 4) is 0 Å². The Morgan fingerprint density at radius 2 is 1.68 bits per heavy atom. The van der Waals surface area contributed by atoms with Crippen LogP contribution in [0.1, 0.15) is 47.5 Å². The van der Waals surface area contributed by atoms with Crippen molar-refractivity contribution in [2.45, 2.75) is 77.5 Å². The molecule has 1 spiro atoms. The molecule has 3 nitrogen and oxygen atoms in total. The summed E-state index contributed by atoms with van der Waals surface area (Å²) in [7, 11) is -1.67. The Hall–Kier alpha value is -0.163. The van der Waals surface area contributed by atoms with Crippen molar-refractivity contribution >= 4 is 8.32 Å². The van der Waals surface area contributed by atoms with Gasteiger partial charge >= 0.3 is 0 Å². The van der Waals surface area contributed by atoms with E-state index in [-0.39, 0.29) is 11.5 Å². The first-order valence-electron chi connectivity index (χ1n) is 8.98. The minimum absolute atomic E-state index is 0.00167. The molecule has 0 N–H and O–H groups in total. The summed E-state index contributed by atoms with van der Waals surface area (Å²) in [5.74, 6) is 0.0289. The molecule has 1 aliphatic carbocycles. The van der Waals surface area contributed by atoms with Crippen molar-refractivity contribution in [1.82, 2.24) is 0 Å². The Balaban J connectivity index is 2.28. The number of ether oxygens (including phenoxy) is 2. The number of rotatable bonds is 6. The molecule has 2 fully saturated rings. The van der Waals surface area contributed by atoms with E-state index in [4.69, 9.17) is 13.9 Å². The molecule has 0 aromatic rings. The van der Waals surface area contributed by atoms with Gasteiger partial charge in [-0.05, 0) is 24.1 Å². The Labute approximate surface area is 137 Å². The van der Waals surface area contributed by atoms with Gasteiger partial charge in [-0.1, -0.05) is 40.7 Å². The van der Waals surface area contributed by atoms with Gasteiger partial charge in [0.05, 0.1) is 19.3 Å². The van der Waals surface area contributed by atoms with Gasteiger partial charge in [-0.2, -0.15) is 0 Å².